The molecule has 0 bridgehead atoms. The van der Waals surface area contributed by atoms with Crippen molar-refractivity contribution in [1.29, 1.82) is 0 Å². The Morgan fingerprint density at radius 1 is 1.19 bits per heavy atom. The molecule has 0 aliphatic carbocycles. The molecule has 2 aromatic rings. The lowest BCUT2D eigenvalue weighted by atomic mass is 10.00. The highest BCUT2D eigenvalue weighted by atomic mass is 35.5. The second-order valence-corrected chi connectivity index (χ2v) is 7.54. The van der Waals surface area contributed by atoms with Crippen LogP contribution in [0.5, 0.6) is 5.75 Å². The topological polar surface area (TPSA) is 64.3 Å². The molecule has 0 radical (unpaired) electrons. The fraction of sp³-hybridized carbons (Fsp3) is 0.500. The quantitative estimate of drug-likeness (QED) is 0.821. The Bertz CT molecular complexity index is 745. The largest absolute Gasteiger partial charge is 0.491 e. The van der Waals surface area contributed by atoms with Gasteiger partial charge in [0.05, 0.1) is 12.1 Å². The molecule has 2 N–H and O–H groups in total. The number of nitrogens with zero attached hydrogens (tertiary/aromatic N) is 3. The Labute approximate surface area is 160 Å². The van der Waals surface area contributed by atoms with Gasteiger partial charge in [-0.1, -0.05) is 24.4 Å². The maximum atomic E-state index is 6.60. The molecule has 5 nitrogen and oxygen atoms in total. The summed E-state index contributed by atoms with van der Waals surface area (Å²) < 4.78 is 5.89. The predicted octanol–water partition coefficient (Wildman–Crippen LogP) is 4.93. The first-order valence-corrected chi connectivity index (χ1v) is 9.65. The van der Waals surface area contributed by atoms with Gasteiger partial charge in [0.25, 0.3) is 0 Å². The third kappa shape index (κ3) is 4.39. The Hall–Kier alpha value is -2.01. The molecule has 1 aromatic carbocycles. The van der Waals surface area contributed by atoms with Gasteiger partial charge in [-0.3, -0.25) is 0 Å². The fourth-order valence-corrected chi connectivity index (χ4v) is 3.79. The van der Waals surface area contributed by atoms with Crippen molar-refractivity contribution in [2.24, 2.45) is 0 Å². The maximum absolute atomic E-state index is 6.60. The molecule has 1 aliphatic heterocycles. The van der Waals surface area contributed by atoms with Gasteiger partial charge in [0.1, 0.15) is 11.6 Å². The van der Waals surface area contributed by atoms with E-state index < -0.39 is 0 Å². The summed E-state index contributed by atoms with van der Waals surface area (Å²) >= 11 is 6.60. The van der Waals surface area contributed by atoms with E-state index in [-0.39, 0.29) is 12.1 Å². The van der Waals surface area contributed by atoms with E-state index in [1.54, 1.807) is 0 Å². The van der Waals surface area contributed by atoms with Gasteiger partial charge >= 0.3 is 0 Å². The van der Waals surface area contributed by atoms with Crippen LogP contribution in [0.4, 0.5) is 11.8 Å². The van der Waals surface area contributed by atoms with Crippen LogP contribution in [0.1, 0.15) is 56.8 Å². The molecule has 1 atom stereocenters. The molecule has 140 valence electrons. The zero-order valence-corrected chi connectivity index (χ0v) is 16.5. The molecule has 2 heterocycles. The van der Waals surface area contributed by atoms with Gasteiger partial charge in [-0.05, 0) is 57.4 Å². The number of hydrogen-bond donors (Lipinski definition) is 1. The minimum absolute atomic E-state index is 0.124. The van der Waals surface area contributed by atoms with Crippen molar-refractivity contribution in [2.75, 3.05) is 17.2 Å². The number of rotatable bonds is 4. The van der Waals surface area contributed by atoms with E-state index in [4.69, 9.17) is 22.1 Å². The molecule has 6 heteroatoms. The monoisotopic (exact) mass is 374 g/mol. The third-order valence-corrected chi connectivity index (χ3v) is 4.95. The molecule has 1 aliphatic rings. The number of benzene rings is 1. The predicted molar refractivity (Wildman–Crippen MR) is 107 cm³/mol. The Morgan fingerprint density at radius 2 is 2.00 bits per heavy atom. The fourth-order valence-electron chi connectivity index (χ4n) is 3.55. The number of hydrogen-bond acceptors (Lipinski definition) is 5. The molecule has 26 heavy (non-hydrogen) atoms. The van der Waals surface area contributed by atoms with Crippen LogP contribution in [0.3, 0.4) is 0 Å². The summed E-state index contributed by atoms with van der Waals surface area (Å²) in [7, 11) is 0. The molecule has 3 rings (SSSR count). The Morgan fingerprint density at radius 3 is 2.73 bits per heavy atom. The van der Waals surface area contributed by atoms with Crippen molar-refractivity contribution in [3.05, 3.63) is 40.5 Å². The number of aryl methyl sites for hydroxylation is 1. The Kier molecular flexibility index (Phi) is 5.87. The van der Waals surface area contributed by atoms with Crippen LogP contribution in [0.25, 0.3) is 0 Å². The van der Waals surface area contributed by atoms with Crippen LogP contribution in [-0.4, -0.2) is 22.6 Å². The second-order valence-electron chi connectivity index (χ2n) is 7.13. The number of aromatic nitrogens is 2. The molecule has 0 amide bonds. The Balaban J connectivity index is 2.01. The van der Waals surface area contributed by atoms with Crippen molar-refractivity contribution in [3.8, 4) is 5.75 Å². The zero-order valence-electron chi connectivity index (χ0n) is 15.7. The van der Waals surface area contributed by atoms with Crippen molar-refractivity contribution < 1.29 is 4.74 Å². The highest BCUT2D eigenvalue weighted by Crippen LogP contribution is 2.38. The minimum Gasteiger partial charge on any atom is -0.491 e. The second kappa shape index (κ2) is 8.12. The van der Waals surface area contributed by atoms with Gasteiger partial charge in [0.2, 0.25) is 5.95 Å². The van der Waals surface area contributed by atoms with Gasteiger partial charge in [-0.2, -0.15) is 4.98 Å². The molecule has 1 saturated heterocycles. The third-order valence-electron chi connectivity index (χ3n) is 4.60. The lowest BCUT2D eigenvalue weighted by molar-refractivity contribution is 0.242. The average molecular weight is 375 g/mol. The molecule has 1 aromatic heterocycles. The molecule has 0 saturated carbocycles. The van der Waals surface area contributed by atoms with Crippen LogP contribution in [0, 0.1) is 6.92 Å². The van der Waals surface area contributed by atoms with Gasteiger partial charge < -0.3 is 15.4 Å². The van der Waals surface area contributed by atoms with Crippen molar-refractivity contribution in [2.45, 2.75) is 58.6 Å². The summed E-state index contributed by atoms with van der Waals surface area (Å²) in [4.78, 5) is 11.0. The highest BCUT2D eigenvalue weighted by molar-refractivity contribution is 6.31. The van der Waals surface area contributed by atoms with Gasteiger partial charge in [-0.25, -0.2) is 4.98 Å². The summed E-state index contributed by atoms with van der Waals surface area (Å²) in [6.45, 7) is 6.92. The van der Waals surface area contributed by atoms with Crippen LogP contribution >= 0.6 is 11.6 Å². The van der Waals surface area contributed by atoms with Gasteiger partial charge in [0, 0.05) is 23.3 Å². The van der Waals surface area contributed by atoms with Gasteiger partial charge in [0.15, 0.2) is 0 Å². The van der Waals surface area contributed by atoms with E-state index in [0.717, 1.165) is 53.7 Å². The zero-order chi connectivity index (χ0) is 18.7. The van der Waals surface area contributed by atoms with Gasteiger partial charge in [-0.15, -0.1) is 0 Å². The normalized spacial score (nSPS) is 18.0. The van der Waals surface area contributed by atoms with Crippen molar-refractivity contribution in [1.82, 2.24) is 9.97 Å². The number of nitrogen functional groups attached to an aromatic ring is 1. The summed E-state index contributed by atoms with van der Waals surface area (Å²) in [5.74, 6) is 2.03. The van der Waals surface area contributed by atoms with E-state index >= 15 is 0 Å². The summed E-state index contributed by atoms with van der Waals surface area (Å²) in [6, 6.07) is 8.07. The molecular weight excluding hydrogens is 348 g/mol. The van der Waals surface area contributed by atoms with E-state index in [2.05, 4.69) is 20.9 Å². The van der Waals surface area contributed by atoms with Crippen molar-refractivity contribution in [3.63, 3.8) is 0 Å². The van der Waals surface area contributed by atoms with E-state index in [9.17, 15) is 0 Å². The molecule has 0 spiro atoms. The van der Waals surface area contributed by atoms with Crippen molar-refractivity contribution >= 4 is 23.4 Å². The first-order chi connectivity index (χ1) is 12.4. The van der Waals surface area contributed by atoms with Crippen LogP contribution < -0.4 is 15.4 Å². The van der Waals surface area contributed by atoms with E-state index in [1.807, 2.05) is 39.0 Å². The lowest BCUT2D eigenvalue weighted by Crippen LogP contribution is -2.30. The minimum atomic E-state index is 0.124. The molecule has 0 unspecified atom stereocenters. The van der Waals surface area contributed by atoms with Crippen LogP contribution in [0.2, 0.25) is 5.02 Å². The average Bonchev–Trinajstić information content (AvgIpc) is 2.81. The first-order valence-electron chi connectivity index (χ1n) is 9.28. The number of nitrogens with two attached hydrogens (primary N) is 1. The maximum Gasteiger partial charge on any atom is 0.222 e. The standard InChI is InChI=1S/C20H27ClN4O/c1-13(2)26-15-8-9-17(21)16(12-15)18-7-5-4-6-10-25(18)19-11-14(3)23-20(22)24-19/h8-9,11-13,18H,4-7,10H2,1-3H3,(H2,22,23,24)/t18-/m0/s1. The number of ether oxygens (including phenoxy) is 1. The summed E-state index contributed by atoms with van der Waals surface area (Å²) in [5.41, 5.74) is 7.86. The molecule has 1 fully saturated rings. The number of anilines is 2. The molecular formula is C20H27ClN4O. The number of halogens is 1. The lowest BCUT2D eigenvalue weighted by Gasteiger charge is -2.32. The summed E-state index contributed by atoms with van der Waals surface area (Å²) in [5, 5.41) is 0.761. The van der Waals surface area contributed by atoms with E-state index in [1.165, 1.54) is 6.42 Å². The SMILES string of the molecule is Cc1cc(N2CCCCC[C@H]2c2cc(OC(C)C)ccc2Cl)nc(N)n1. The van der Waals surface area contributed by atoms with Crippen LogP contribution in [-0.2, 0) is 0 Å². The smallest absolute Gasteiger partial charge is 0.222 e. The highest BCUT2D eigenvalue weighted by Gasteiger charge is 2.26. The summed E-state index contributed by atoms with van der Waals surface area (Å²) in [6.07, 6.45) is 4.63. The van der Waals surface area contributed by atoms with Crippen LogP contribution in [0.15, 0.2) is 24.3 Å². The first kappa shape index (κ1) is 18.8. The van der Waals surface area contributed by atoms with E-state index in [0.29, 0.717) is 5.95 Å².